The highest BCUT2D eigenvalue weighted by atomic mass is 32.1. The first-order chi connectivity index (χ1) is 19.1. The SMILES string of the molecule is CCCCCCCC[Si]1(CCCCCCCC)c2cc(-c3ccc(C)s3)sc2-c2sc(-c3ccc(C)s3)cc21. The summed E-state index contributed by atoms with van der Waals surface area (Å²) in [6, 6.07) is 17.6. The molecule has 5 heterocycles. The standard InChI is InChI=1S/C34H46S4Si/c1-5-7-9-11-13-15-21-39(22-16-14-12-10-8-6-2)31-23-29(27-19-17-25(3)35-27)37-33(31)34-32(39)24-30(38-34)28-20-18-26(4)36-28/h17-20,23-24H,5-16,21-22H2,1-4H3. The average molecular weight is 611 g/mol. The van der Waals surface area contributed by atoms with Crippen LogP contribution in [-0.4, -0.2) is 8.07 Å². The van der Waals surface area contributed by atoms with E-state index in [4.69, 9.17) is 0 Å². The zero-order valence-electron chi connectivity index (χ0n) is 24.5. The van der Waals surface area contributed by atoms with Gasteiger partial charge >= 0.3 is 0 Å². The molecule has 0 amide bonds. The molecular formula is C34H46S4Si. The van der Waals surface area contributed by atoms with Crippen molar-refractivity contribution in [2.45, 2.75) is 117 Å². The maximum Gasteiger partial charge on any atom is 0.122 e. The van der Waals surface area contributed by atoms with Crippen LogP contribution < -0.4 is 10.4 Å². The van der Waals surface area contributed by atoms with E-state index in [1.54, 1.807) is 9.75 Å². The highest BCUT2D eigenvalue weighted by Gasteiger charge is 2.47. The van der Waals surface area contributed by atoms with Crippen molar-refractivity contribution in [3.05, 3.63) is 46.2 Å². The van der Waals surface area contributed by atoms with Gasteiger partial charge in [-0.25, -0.2) is 0 Å². The molecule has 1 aliphatic rings. The fourth-order valence-corrected chi connectivity index (χ4v) is 17.8. The topological polar surface area (TPSA) is 0 Å². The van der Waals surface area contributed by atoms with Crippen LogP contribution in [0.4, 0.5) is 0 Å². The van der Waals surface area contributed by atoms with Gasteiger partial charge in [-0.3, -0.25) is 0 Å². The minimum atomic E-state index is -1.79. The first-order valence-electron chi connectivity index (χ1n) is 15.5. The van der Waals surface area contributed by atoms with Crippen molar-refractivity contribution >= 4 is 63.8 Å². The molecule has 0 aliphatic carbocycles. The largest absolute Gasteiger partial charge is 0.140 e. The molecule has 0 aromatic carbocycles. The van der Waals surface area contributed by atoms with Gasteiger partial charge in [-0.05, 0) is 72.7 Å². The van der Waals surface area contributed by atoms with Crippen molar-refractivity contribution in [3.8, 4) is 29.3 Å². The zero-order chi connectivity index (χ0) is 27.2. The van der Waals surface area contributed by atoms with Crippen LogP contribution in [0.15, 0.2) is 36.4 Å². The van der Waals surface area contributed by atoms with E-state index >= 15 is 0 Å². The molecular weight excluding hydrogens is 565 g/mol. The van der Waals surface area contributed by atoms with E-state index in [0.717, 1.165) is 0 Å². The van der Waals surface area contributed by atoms with Gasteiger partial charge in [-0.2, -0.15) is 0 Å². The summed E-state index contributed by atoms with van der Waals surface area (Å²) < 4.78 is 0. The van der Waals surface area contributed by atoms with Gasteiger partial charge in [0.15, 0.2) is 0 Å². The monoisotopic (exact) mass is 610 g/mol. The van der Waals surface area contributed by atoms with E-state index in [0.29, 0.717) is 0 Å². The van der Waals surface area contributed by atoms with Crippen LogP contribution in [0.25, 0.3) is 29.3 Å². The molecule has 0 saturated carbocycles. The van der Waals surface area contributed by atoms with E-state index in [2.05, 4.69) is 86.8 Å². The van der Waals surface area contributed by atoms with Gasteiger partial charge in [-0.1, -0.05) is 90.9 Å². The van der Waals surface area contributed by atoms with Gasteiger partial charge in [-0.15, -0.1) is 45.3 Å². The number of rotatable bonds is 16. The lowest BCUT2D eigenvalue weighted by Gasteiger charge is -2.29. The quantitative estimate of drug-likeness (QED) is 0.0874. The van der Waals surface area contributed by atoms with Gasteiger partial charge in [0.2, 0.25) is 0 Å². The number of hydrogen-bond acceptors (Lipinski definition) is 4. The average Bonchev–Trinajstić information content (AvgIpc) is 3.73. The van der Waals surface area contributed by atoms with Crippen LogP contribution in [0, 0.1) is 13.8 Å². The van der Waals surface area contributed by atoms with E-state index in [9.17, 15) is 0 Å². The predicted molar refractivity (Wildman–Crippen MR) is 185 cm³/mol. The van der Waals surface area contributed by atoms with Crippen LogP contribution in [-0.2, 0) is 0 Å². The molecule has 0 bridgehead atoms. The van der Waals surface area contributed by atoms with Gasteiger partial charge < -0.3 is 0 Å². The second-order valence-corrected chi connectivity index (χ2v) is 20.6. The minimum absolute atomic E-state index is 1.34. The Morgan fingerprint density at radius 3 is 1.28 bits per heavy atom. The molecule has 210 valence electrons. The maximum atomic E-state index is 2.69. The Morgan fingerprint density at radius 2 is 0.897 bits per heavy atom. The summed E-state index contributed by atoms with van der Waals surface area (Å²) in [6.07, 6.45) is 16.8. The Kier molecular flexibility index (Phi) is 10.4. The Bertz CT molecular complexity index is 1230. The number of fused-ring (bicyclic) bond motifs is 3. The van der Waals surface area contributed by atoms with Crippen molar-refractivity contribution < 1.29 is 0 Å². The van der Waals surface area contributed by atoms with Crippen LogP contribution in [0.2, 0.25) is 12.1 Å². The third kappa shape index (κ3) is 6.59. The van der Waals surface area contributed by atoms with Gasteiger partial charge in [0.1, 0.15) is 8.07 Å². The van der Waals surface area contributed by atoms with Crippen molar-refractivity contribution in [1.29, 1.82) is 0 Å². The molecule has 4 aromatic rings. The Morgan fingerprint density at radius 1 is 0.487 bits per heavy atom. The molecule has 4 aromatic heterocycles. The zero-order valence-corrected chi connectivity index (χ0v) is 28.8. The van der Waals surface area contributed by atoms with Crippen LogP contribution in [0.3, 0.4) is 0 Å². The lowest BCUT2D eigenvalue weighted by atomic mass is 10.1. The van der Waals surface area contributed by atoms with E-state index in [1.165, 1.54) is 118 Å². The van der Waals surface area contributed by atoms with Gasteiger partial charge in [0.05, 0.1) is 0 Å². The molecule has 0 nitrogen and oxygen atoms in total. The molecule has 5 rings (SSSR count). The summed E-state index contributed by atoms with van der Waals surface area (Å²) >= 11 is 8.16. The molecule has 0 atom stereocenters. The van der Waals surface area contributed by atoms with Gasteiger partial charge in [0, 0.05) is 39.0 Å². The smallest absolute Gasteiger partial charge is 0.122 e. The second kappa shape index (κ2) is 13.8. The van der Waals surface area contributed by atoms with Crippen molar-refractivity contribution in [2.24, 2.45) is 0 Å². The summed E-state index contributed by atoms with van der Waals surface area (Å²) in [5.74, 6) is 0. The lowest BCUT2D eigenvalue weighted by molar-refractivity contribution is 0.616. The lowest BCUT2D eigenvalue weighted by Crippen LogP contribution is -2.54. The van der Waals surface area contributed by atoms with E-state index < -0.39 is 8.07 Å². The first kappa shape index (κ1) is 29.5. The van der Waals surface area contributed by atoms with Crippen molar-refractivity contribution in [1.82, 2.24) is 0 Å². The second-order valence-electron chi connectivity index (χ2n) is 11.6. The third-order valence-corrected chi connectivity index (χ3v) is 19.0. The normalized spacial score (nSPS) is 13.7. The molecule has 0 N–H and O–H groups in total. The number of thiophene rings is 4. The van der Waals surface area contributed by atoms with Crippen molar-refractivity contribution in [3.63, 3.8) is 0 Å². The molecule has 0 fully saturated rings. The fourth-order valence-electron chi connectivity index (χ4n) is 6.43. The first-order valence-corrected chi connectivity index (χ1v) is 21.2. The highest BCUT2D eigenvalue weighted by molar-refractivity contribution is 7.33. The molecule has 0 unspecified atom stereocenters. The fraction of sp³-hybridized carbons (Fsp3) is 0.529. The van der Waals surface area contributed by atoms with E-state index in [1.807, 2.05) is 33.0 Å². The van der Waals surface area contributed by atoms with Crippen molar-refractivity contribution in [2.75, 3.05) is 0 Å². The number of unbranched alkanes of at least 4 members (excludes halogenated alkanes) is 10. The predicted octanol–water partition coefficient (Wildman–Crippen LogP) is 12.1. The molecule has 0 spiro atoms. The number of aryl methyl sites for hydroxylation is 2. The Hall–Kier alpha value is -0.983. The Balaban J connectivity index is 1.50. The van der Waals surface area contributed by atoms with E-state index in [-0.39, 0.29) is 0 Å². The summed E-state index contributed by atoms with van der Waals surface area (Å²) in [5, 5.41) is 3.62. The molecule has 5 heteroatoms. The highest BCUT2D eigenvalue weighted by Crippen LogP contribution is 2.48. The summed E-state index contributed by atoms with van der Waals surface area (Å²) in [4.78, 5) is 12.1. The molecule has 39 heavy (non-hydrogen) atoms. The van der Waals surface area contributed by atoms with Crippen LogP contribution in [0.1, 0.15) is 101 Å². The van der Waals surface area contributed by atoms with Crippen LogP contribution >= 0.6 is 45.3 Å². The third-order valence-electron chi connectivity index (χ3n) is 8.58. The van der Waals surface area contributed by atoms with Crippen LogP contribution in [0.5, 0.6) is 0 Å². The Labute approximate surface area is 254 Å². The maximum absolute atomic E-state index is 2.69. The molecule has 1 aliphatic heterocycles. The molecule has 0 radical (unpaired) electrons. The minimum Gasteiger partial charge on any atom is -0.140 e. The summed E-state index contributed by atoms with van der Waals surface area (Å²) in [7, 11) is -1.79. The van der Waals surface area contributed by atoms with Gasteiger partial charge in [0.25, 0.3) is 0 Å². The molecule has 0 saturated heterocycles. The summed E-state index contributed by atoms with van der Waals surface area (Å²) in [5.41, 5.74) is 0. The number of hydrogen-bond donors (Lipinski definition) is 0. The summed E-state index contributed by atoms with van der Waals surface area (Å²) in [6.45, 7) is 9.16.